The van der Waals surface area contributed by atoms with Gasteiger partial charge in [-0.15, -0.1) is 0 Å². The monoisotopic (exact) mass is 397 g/mol. The van der Waals surface area contributed by atoms with Crippen LogP contribution in [0.25, 0.3) is 0 Å². The highest BCUT2D eigenvalue weighted by Crippen LogP contribution is 2.20. The zero-order valence-electron chi connectivity index (χ0n) is 15.9. The molecule has 0 aliphatic heterocycles. The molecule has 0 atom stereocenters. The smallest absolute Gasteiger partial charge is 0.290 e. The SMILES string of the molecule is CC(C)N(Cc1ccccc1)C(=O)c1ccc(CS(=O)(=O)c2ccccc2)o1. The number of hydrogen-bond acceptors (Lipinski definition) is 4. The molecular formula is C22H23NO4S. The Morgan fingerprint density at radius 2 is 1.54 bits per heavy atom. The molecule has 28 heavy (non-hydrogen) atoms. The van der Waals surface area contributed by atoms with Crippen LogP contribution in [0.4, 0.5) is 0 Å². The van der Waals surface area contributed by atoms with Gasteiger partial charge in [-0.3, -0.25) is 4.79 Å². The molecule has 0 bridgehead atoms. The minimum Gasteiger partial charge on any atom is -0.455 e. The number of amides is 1. The van der Waals surface area contributed by atoms with Crippen LogP contribution in [0, 0.1) is 0 Å². The van der Waals surface area contributed by atoms with Gasteiger partial charge in [-0.05, 0) is 43.7 Å². The zero-order chi connectivity index (χ0) is 20.1. The molecule has 0 saturated carbocycles. The normalized spacial score (nSPS) is 11.5. The van der Waals surface area contributed by atoms with Crippen molar-refractivity contribution < 1.29 is 17.6 Å². The Balaban J connectivity index is 1.77. The van der Waals surface area contributed by atoms with E-state index in [-0.39, 0.29) is 34.1 Å². The van der Waals surface area contributed by atoms with Crippen molar-refractivity contribution in [1.29, 1.82) is 0 Å². The molecule has 1 heterocycles. The van der Waals surface area contributed by atoms with Gasteiger partial charge in [0.1, 0.15) is 11.5 Å². The molecule has 0 fully saturated rings. The highest BCUT2D eigenvalue weighted by molar-refractivity contribution is 7.90. The first-order chi connectivity index (χ1) is 13.4. The molecule has 1 aromatic heterocycles. The van der Waals surface area contributed by atoms with Crippen molar-refractivity contribution in [3.63, 3.8) is 0 Å². The van der Waals surface area contributed by atoms with E-state index in [9.17, 15) is 13.2 Å². The third-order valence-corrected chi connectivity index (χ3v) is 6.04. The van der Waals surface area contributed by atoms with Gasteiger partial charge in [-0.2, -0.15) is 0 Å². The summed E-state index contributed by atoms with van der Waals surface area (Å²) in [5.74, 6) is -0.161. The van der Waals surface area contributed by atoms with E-state index in [4.69, 9.17) is 4.42 Å². The number of rotatable bonds is 7. The van der Waals surface area contributed by atoms with Crippen molar-refractivity contribution >= 4 is 15.7 Å². The second kappa shape index (κ2) is 8.44. The summed E-state index contributed by atoms with van der Waals surface area (Å²) in [7, 11) is -3.53. The molecule has 0 N–H and O–H groups in total. The molecule has 0 unspecified atom stereocenters. The molecule has 0 radical (unpaired) electrons. The van der Waals surface area contributed by atoms with E-state index in [1.807, 2.05) is 44.2 Å². The Hall–Kier alpha value is -2.86. The average molecular weight is 397 g/mol. The Kier molecular flexibility index (Phi) is 5.99. The standard InChI is InChI=1S/C22H23NO4S/c1-17(2)23(15-18-9-5-3-6-10-18)22(24)21-14-13-19(27-21)16-28(25,26)20-11-7-4-8-12-20/h3-14,17H,15-16H2,1-2H3. The second-order valence-corrected chi connectivity index (χ2v) is 8.84. The summed E-state index contributed by atoms with van der Waals surface area (Å²) in [5.41, 5.74) is 1.02. The van der Waals surface area contributed by atoms with Gasteiger partial charge in [0, 0.05) is 12.6 Å². The zero-order valence-corrected chi connectivity index (χ0v) is 16.7. The van der Waals surface area contributed by atoms with Gasteiger partial charge in [-0.25, -0.2) is 8.42 Å². The van der Waals surface area contributed by atoms with Crippen LogP contribution in [-0.2, 0) is 22.1 Å². The highest BCUT2D eigenvalue weighted by Gasteiger charge is 2.24. The lowest BCUT2D eigenvalue weighted by Crippen LogP contribution is -2.36. The van der Waals surface area contributed by atoms with Crippen LogP contribution in [0.3, 0.4) is 0 Å². The first-order valence-corrected chi connectivity index (χ1v) is 10.7. The van der Waals surface area contributed by atoms with Crippen molar-refractivity contribution in [2.45, 2.75) is 37.1 Å². The number of carbonyl (C=O) groups excluding carboxylic acids is 1. The quantitative estimate of drug-likeness (QED) is 0.596. The van der Waals surface area contributed by atoms with E-state index in [0.29, 0.717) is 6.54 Å². The van der Waals surface area contributed by atoms with E-state index in [1.54, 1.807) is 47.4 Å². The van der Waals surface area contributed by atoms with Gasteiger partial charge in [-0.1, -0.05) is 48.5 Å². The van der Waals surface area contributed by atoms with Gasteiger partial charge in [0.15, 0.2) is 15.6 Å². The Morgan fingerprint density at radius 1 is 0.929 bits per heavy atom. The molecule has 3 rings (SSSR count). The maximum Gasteiger partial charge on any atom is 0.290 e. The summed E-state index contributed by atoms with van der Waals surface area (Å²) in [6.07, 6.45) is 0. The van der Waals surface area contributed by atoms with Crippen LogP contribution < -0.4 is 0 Å². The number of nitrogens with zero attached hydrogens (tertiary/aromatic N) is 1. The lowest BCUT2D eigenvalue weighted by Gasteiger charge is -2.26. The van der Waals surface area contributed by atoms with Gasteiger partial charge in [0.2, 0.25) is 0 Å². The summed E-state index contributed by atoms with van der Waals surface area (Å²) in [5, 5.41) is 0. The minimum atomic E-state index is -3.53. The van der Waals surface area contributed by atoms with E-state index in [0.717, 1.165) is 5.56 Å². The summed E-state index contributed by atoms with van der Waals surface area (Å²) >= 11 is 0. The molecule has 3 aromatic rings. The van der Waals surface area contributed by atoms with E-state index >= 15 is 0 Å². The Labute approximate surface area is 165 Å². The van der Waals surface area contributed by atoms with Crippen molar-refractivity contribution in [3.05, 3.63) is 89.9 Å². The molecule has 146 valence electrons. The third kappa shape index (κ3) is 4.70. The van der Waals surface area contributed by atoms with Gasteiger partial charge in [0.05, 0.1) is 4.90 Å². The van der Waals surface area contributed by atoms with Crippen molar-refractivity contribution in [3.8, 4) is 0 Å². The van der Waals surface area contributed by atoms with Gasteiger partial charge in [0.25, 0.3) is 5.91 Å². The van der Waals surface area contributed by atoms with Crippen molar-refractivity contribution in [2.24, 2.45) is 0 Å². The summed E-state index contributed by atoms with van der Waals surface area (Å²) in [6, 6.07) is 21.0. The largest absolute Gasteiger partial charge is 0.455 e. The van der Waals surface area contributed by atoms with Gasteiger partial charge >= 0.3 is 0 Å². The van der Waals surface area contributed by atoms with Crippen LogP contribution in [0.2, 0.25) is 0 Å². The summed E-state index contributed by atoms with van der Waals surface area (Å²) in [6.45, 7) is 4.32. The first kappa shape index (κ1) is 19.9. The fourth-order valence-corrected chi connectivity index (χ4v) is 4.15. The molecule has 0 saturated heterocycles. The number of hydrogen-bond donors (Lipinski definition) is 0. The van der Waals surface area contributed by atoms with Crippen LogP contribution in [0.1, 0.15) is 35.7 Å². The predicted octanol–water partition coefficient (Wildman–Crippen LogP) is 4.30. The maximum absolute atomic E-state index is 12.9. The van der Waals surface area contributed by atoms with Crippen LogP contribution in [0.5, 0.6) is 0 Å². The second-order valence-electron chi connectivity index (χ2n) is 6.85. The molecule has 1 amide bonds. The topological polar surface area (TPSA) is 67.6 Å². The maximum atomic E-state index is 12.9. The third-order valence-electron chi connectivity index (χ3n) is 4.39. The predicted molar refractivity (Wildman–Crippen MR) is 107 cm³/mol. The molecule has 5 nitrogen and oxygen atoms in total. The molecule has 0 aliphatic rings. The molecule has 2 aromatic carbocycles. The number of furan rings is 1. The fourth-order valence-electron chi connectivity index (χ4n) is 2.88. The molecule has 6 heteroatoms. The number of benzene rings is 2. The molecule has 0 aliphatic carbocycles. The number of carbonyl (C=O) groups is 1. The summed E-state index contributed by atoms with van der Waals surface area (Å²) in [4.78, 5) is 14.8. The lowest BCUT2D eigenvalue weighted by atomic mass is 10.2. The highest BCUT2D eigenvalue weighted by atomic mass is 32.2. The van der Waals surface area contributed by atoms with E-state index < -0.39 is 9.84 Å². The van der Waals surface area contributed by atoms with Crippen molar-refractivity contribution in [2.75, 3.05) is 0 Å². The summed E-state index contributed by atoms with van der Waals surface area (Å²) < 4.78 is 30.6. The van der Waals surface area contributed by atoms with E-state index in [1.165, 1.54) is 0 Å². The van der Waals surface area contributed by atoms with Crippen LogP contribution >= 0.6 is 0 Å². The van der Waals surface area contributed by atoms with Crippen LogP contribution in [-0.4, -0.2) is 25.3 Å². The van der Waals surface area contributed by atoms with Gasteiger partial charge < -0.3 is 9.32 Å². The van der Waals surface area contributed by atoms with Crippen LogP contribution in [0.15, 0.2) is 82.1 Å². The molecule has 0 spiro atoms. The lowest BCUT2D eigenvalue weighted by molar-refractivity contribution is 0.0656. The fraction of sp³-hybridized carbons (Fsp3) is 0.227. The number of sulfone groups is 1. The Bertz CT molecular complexity index is 1020. The van der Waals surface area contributed by atoms with E-state index in [2.05, 4.69) is 0 Å². The minimum absolute atomic E-state index is 0.0330. The average Bonchev–Trinajstić information content (AvgIpc) is 3.14. The first-order valence-electron chi connectivity index (χ1n) is 9.08. The molecular weight excluding hydrogens is 374 g/mol. The van der Waals surface area contributed by atoms with Crippen molar-refractivity contribution in [1.82, 2.24) is 4.90 Å². The Morgan fingerprint density at radius 3 is 2.14 bits per heavy atom.